The number of imidazole rings is 1. The Morgan fingerprint density at radius 3 is 2.79 bits per heavy atom. The Labute approximate surface area is 159 Å². The van der Waals surface area contributed by atoms with Crippen molar-refractivity contribution in [1.29, 1.82) is 0 Å². The number of halogens is 1. The summed E-state index contributed by atoms with van der Waals surface area (Å²) >= 11 is 0. The molecule has 0 unspecified atom stereocenters. The molecule has 1 aromatic carbocycles. The summed E-state index contributed by atoms with van der Waals surface area (Å²) in [5.41, 5.74) is 0.876. The predicted molar refractivity (Wildman–Crippen MR) is 107 cm³/mol. The van der Waals surface area contributed by atoms with Crippen LogP contribution in [0.5, 0.6) is 11.5 Å². The number of ether oxygens (including phenoxy) is 2. The molecule has 0 aliphatic heterocycles. The van der Waals surface area contributed by atoms with E-state index in [-0.39, 0.29) is 24.0 Å². The number of anilines is 1. The van der Waals surface area contributed by atoms with Crippen LogP contribution in [0.1, 0.15) is 6.92 Å². The Morgan fingerprint density at radius 2 is 2.17 bits per heavy atom. The smallest absolute Gasteiger partial charge is 0.195 e. The predicted octanol–water partition coefficient (Wildman–Crippen LogP) is 2.60. The topological polar surface area (TPSA) is 72.7 Å². The monoisotopic (exact) mass is 445 g/mol. The minimum Gasteiger partial charge on any atom is -0.493 e. The average molecular weight is 445 g/mol. The molecule has 0 fully saturated rings. The van der Waals surface area contributed by atoms with Crippen LogP contribution >= 0.6 is 24.0 Å². The number of rotatable bonds is 7. The zero-order valence-corrected chi connectivity index (χ0v) is 16.5. The zero-order valence-electron chi connectivity index (χ0n) is 14.2. The molecule has 1 aromatic heterocycles. The first-order valence-electron chi connectivity index (χ1n) is 7.51. The molecule has 0 atom stereocenters. The molecule has 132 valence electrons. The van der Waals surface area contributed by atoms with Gasteiger partial charge in [-0.2, -0.15) is 0 Å². The SMILES string of the molecule is CCOc1ccc(NC(=NC)NCCn2ccnc2)cc1OC.I. The maximum atomic E-state index is 5.51. The number of hydrogen-bond donors (Lipinski definition) is 2. The third kappa shape index (κ3) is 5.91. The summed E-state index contributed by atoms with van der Waals surface area (Å²) in [5.74, 6) is 2.10. The van der Waals surface area contributed by atoms with Gasteiger partial charge in [0.1, 0.15) is 0 Å². The fourth-order valence-corrected chi connectivity index (χ4v) is 2.06. The summed E-state index contributed by atoms with van der Waals surface area (Å²) in [6, 6.07) is 5.69. The van der Waals surface area contributed by atoms with Gasteiger partial charge in [0.15, 0.2) is 17.5 Å². The van der Waals surface area contributed by atoms with Crippen molar-refractivity contribution in [3.05, 3.63) is 36.9 Å². The standard InChI is InChI=1S/C16H23N5O2.HI/c1-4-23-14-6-5-13(11-15(14)22-3)20-16(17-2)19-8-10-21-9-7-18-12-21;/h5-7,9,11-12H,4,8,10H2,1-3H3,(H2,17,19,20);1H. The van der Waals surface area contributed by atoms with Crippen molar-refractivity contribution in [2.75, 3.05) is 32.6 Å². The first-order chi connectivity index (χ1) is 11.3. The van der Waals surface area contributed by atoms with E-state index < -0.39 is 0 Å². The van der Waals surface area contributed by atoms with E-state index in [1.807, 2.05) is 35.9 Å². The lowest BCUT2D eigenvalue weighted by atomic mass is 10.2. The minimum absolute atomic E-state index is 0. The van der Waals surface area contributed by atoms with E-state index in [1.165, 1.54) is 0 Å². The third-order valence-electron chi connectivity index (χ3n) is 3.17. The quantitative estimate of drug-likeness (QED) is 0.390. The molecule has 1 heterocycles. The summed E-state index contributed by atoms with van der Waals surface area (Å²) in [4.78, 5) is 8.23. The van der Waals surface area contributed by atoms with Gasteiger partial charge in [-0.05, 0) is 19.1 Å². The minimum atomic E-state index is 0. The summed E-state index contributed by atoms with van der Waals surface area (Å²) in [6.07, 6.45) is 5.48. The number of aromatic nitrogens is 2. The van der Waals surface area contributed by atoms with Gasteiger partial charge in [0.05, 0.1) is 20.0 Å². The molecule has 2 rings (SSSR count). The van der Waals surface area contributed by atoms with Gasteiger partial charge in [0, 0.05) is 44.3 Å². The van der Waals surface area contributed by atoms with Crippen molar-refractivity contribution in [3.8, 4) is 11.5 Å². The van der Waals surface area contributed by atoms with E-state index in [0.717, 1.165) is 24.5 Å². The van der Waals surface area contributed by atoms with E-state index >= 15 is 0 Å². The number of methoxy groups -OCH3 is 1. The van der Waals surface area contributed by atoms with Gasteiger partial charge in [-0.15, -0.1) is 24.0 Å². The zero-order chi connectivity index (χ0) is 16.5. The Morgan fingerprint density at radius 1 is 1.33 bits per heavy atom. The van der Waals surface area contributed by atoms with Gasteiger partial charge < -0.3 is 24.7 Å². The van der Waals surface area contributed by atoms with Gasteiger partial charge in [-0.25, -0.2) is 4.98 Å². The molecule has 0 spiro atoms. The van der Waals surface area contributed by atoms with Gasteiger partial charge in [0.25, 0.3) is 0 Å². The second kappa shape index (κ2) is 10.7. The molecule has 24 heavy (non-hydrogen) atoms. The molecule has 0 saturated carbocycles. The molecular weight excluding hydrogens is 421 g/mol. The molecule has 0 aliphatic rings. The van der Waals surface area contributed by atoms with Gasteiger partial charge in [0.2, 0.25) is 0 Å². The van der Waals surface area contributed by atoms with Crippen molar-refractivity contribution in [1.82, 2.24) is 14.9 Å². The third-order valence-corrected chi connectivity index (χ3v) is 3.17. The van der Waals surface area contributed by atoms with E-state index in [0.29, 0.717) is 18.3 Å². The van der Waals surface area contributed by atoms with Gasteiger partial charge >= 0.3 is 0 Å². The number of aliphatic imine (C=N–C) groups is 1. The van der Waals surface area contributed by atoms with Gasteiger partial charge in [-0.3, -0.25) is 4.99 Å². The summed E-state index contributed by atoms with van der Waals surface area (Å²) < 4.78 is 12.9. The number of guanidine groups is 1. The highest BCUT2D eigenvalue weighted by Crippen LogP contribution is 2.30. The van der Waals surface area contributed by atoms with Gasteiger partial charge in [-0.1, -0.05) is 0 Å². The van der Waals surface area contributed by atoms with Crippen LogP contribution in [0.2, 0.25) is 0 Å². The number of nitrogens with zero attached hydrogens (tertiary/aromatic N) is 3. The first kappa shape index (κ1) is 20.1. The van der Waals surface area contributed by atoms with E-state index in [4.69, 9.17) is 9.47 Å². The second-order valence-electron chi connectivity index (χ2n) is 4.72. The van der Waals surface area contributed by atoms with Crippen LogP contribution < -0.4 is 20.1 Å². The molecule has 7 nitrogen and oxygen atoms in total. The van der Waals surface area contributed by atoms with Crippen molar-refractivity contribution in [2.24, 2.45) is 4.99 Å². The van der Waals surface area contributed by atoms with Crippen LogP contribution in [0.3, 0.4) is 0 Å². The average Bonchev–Trinajstić information content (AvgIpc) is 3.08. The molecule has 0 aliphatic carbocycles. The molecule has 0 saturated heterocycles. The number of benzene rings is 1. The van der Waals surface area contributed by atoms with Crippen LogP contribution in [0.25, 0.3) is 0 Å². The van der Waals surface area contributed by atoms with Crippen molar-refractivity contribution in [2.45, 2.75) is 13.5 Å². The van der Waals surface area contributed by atoms with Crippen molar-refractivity contribution < 1.29 is 9.47 Å². The van der Waals surface area contributed by atoms with E-state index in [9.17, 15) is 0 Å². The number of nitrogens with one attached hydrogen (secondary N) is 2. The van der Waals surface area contributed by atoms with Crippen molar-refractivity contribution in [3.63, 3.8) is 0 Å². The molecule has 0 bridgehead atoms. The number of hydrogen-bond acceptors (Lipinski definition) is 4. The molecular formula is C16H24IN5O2. The maximum absolute atomic E-state index is 5.51. The summed E-state index contributed by atoms with van der Waals surface area (Å²) in [7, 11) is 3.36. The lowest BCUT2D eigenvalue weighted by Gasteiger charge is -2.14. The Kier molecular flexibility index (Phi) is 8.98. The lowest BCUT2D eigenvalue weighted by Crippen LogP contribution is -2.33. The summed E-state index contributed by atoms with van der Waals surface area (Å²) in [6.45, 7) is 4.09. The molecule has 0 radical (unpaired) electrons. The summed E-state index contributed by atoms with van der Waals surface area (Å²) in [5, 5.41) is 6.48. The highest BCUT2D eigenvalue weighted by molar-refractivity contribution is 14.0. The van der Waals surface area contributed by atoms with Crippen LogP contribution in [0, 0.1) is 0 Å². The van der Waals surface area contributed by atoms with E-state index in [1.54, 1.807) is 26.7 Å². The highest BCUT2D eigenvalue weighted by atomic mass is 127. The molecule has 8 heteroatoms. The van der Waals surface area contributed by atoms with Crippen LogP contribution in [-0.4, -0.2) is 42.8 Å². The van der Waals surface area contributed by atoms with E-state index in [2.05, 4.69) is 20.6 Å². The first-order valence-corrected chi connectivity index (χ1v) is 7.51. The Bertz CT molecular complexity index is 631. The van der Waals surface area contributed by atoms with Crippen LogP contribution in [0.4, 0.5) is 5.69 Å². The fourth-order valence-electron chi connectivity index (χ4n) is 2.06. The normalized spacial score (nSPS) is 10.7. The molecule has 2 N–H and O–H groups in total. The van der Waals surface area contributed by atoms with Crippen molar-refractivity contribution >= 4 is 35.6 Å². The molecule has 0 amide bonds. The maximum Gasteiger partial charge on any atom is 0.195 e. The lowest BCUT2D eigenvalue weighted by molar-refractivity contribution is 0.311. The van der Waals surface area contributed by atoms with Crippen LogP contribution in [-0.2, 0) is 6.54 Å². The van der Waals surface area contributed by atoms with Crippen LogP contribution in [0.15, 0.2) is 41.9 Å². The Hall–Kier alpha value is -1.97. The highest BCUT2D eigenvalue weighted by Gasteiger charge is 2.06. The Balaban J connectivity index is 0.00000288. The fraction of sp³-hybridized carbons (Fsp3) is 0.375. The molecule has 2 aromatic rings. The second-order valence-corrected chi connectivity index (χ2v) is 4.72. The largest absolute Gasteiger partial charge is 0.493 e.